The molecule has 0 aromatic rings. The third-order valence-electron chi connectivity index (χ3n) is 4.39. The summed E-state index contributed by atoms with van der Waals surface area (Å²) in [6.45, 7) is 7.22. The van der Waals surface area contributed by atoms with Crippen molar-refractivity contribution >= 4 is 0 Å². The van der Waals surface area contributed by atoms with Gasteiger partial charge in [0.25, 0.3) is 0 Å². The van der Waals surface area contributed by atoms with E-state index in [2.05, 4.69) is 19.2 Å². The van der Waals surface area contributed by atoms with Crippen molar-refractivity contribution in [1.82, 2.24) is 5.32 Å². The van der Waals surface area contributed by atoms with Crippen LogP contribution >= 0.6 is 0 Å². The van der Waals surface area contributed by atoms with Crippen molar-refractivity contribution in [2.45, 2.75) is 78.1 Å². The third kappa shape index (κ3) is 7.08. The Labute approximate surface area is 109 Å². The lowest BCUT2D eigenvalue weighted by atomic mass is 9.84. The van der Waals surface area contributed by atoms with Gasteiger partial charge in [0.2, 0.25) is 0 Å². The second-order valence-electron chi connectivity index (χ2n) is 5.99. The first kappa shape index (κ1) is 15.0. The lowest BCUT2D eigenvalue weighted by Gasteiger charge is -2.29. The molecule has 0 aromatic carbocycles. The zero-order chi connectivity index (χ0) is 12.3. The average Bonchev–Trinajstić information content (AvgIpc) is 2.35. The van der Waals surface area contributed by atoms with Crippen molar-refractivity contribution in [3.05, 3.63) is 0 Å². The second kappa shape index (κ2) is 9.94. The first-order valence-electron chi connectivity index (χ1n) is 8.05. The van der Waals surface area contributed by atoms with Crippen LogP contribution in [0.5, 0.6) is 0 Å². The van der Waals surface area contributed by atoms with Gasteiger partial charge in [-0.25, -0.2) is 0 Å². The molecule has 2 atom stereocenters. The highest BCUT2D eigenvalue weighted by Crippen LogP contribution is 2.24. The molecule has 1 rings (SSSR count). The first-order chi connectivity index (χ1) is 8.34. The molecule has 17 heavy (non-hydrogen) atoms. The largest absolute Gasteiger partial charge is 0.316 e. The lowest BCUT2D eigenvalue weighted by molar-refractivity contribution is 0.252. The molecule has 0 spiro atoms. The summed E-state index contributed by atoms with van der Waals surface area (Å²) in [5.74, 6) is 1.92. The molecular weight excluding hydrogens is 206 g/mol. The Bertz CT molecular complexity index is 167. The van der Waals surface area contributed by atoms with E-state index < -0.39 is 0 Å². The smallest absolute Gasteiger partial charge is 0.00205 e. The molecule has 0 bridgehead atoms. The van der Waals surface area contributed by atoms with E-state index in [9.17, 15) is 0 Å². The zero-order valence-electron chi connectivity index (χ0n) is 12.1. The van der Waals surface area contributed by atoms with Crippen molar-refractivity contribution in [2.75, 3.05) is 13.1 Å². The monoisotopic (exact) mass is 239 g/mol. The van der Waals surface area contributed by atoms with E-state index in [1.165, 1.54) is 77.3 Å². The van der Waals surface area contributed by atoms with Gasteiger partial charge < -0.3 is 5.32 Å². The Morgan fingerprint density at radius 3 is 2.24 bits per heavy atom. The number of nitrogens with one attached hydrogen (secondary N) is 1. The number of piperidine rings is 1. The van der Waals surface area contributed by atoms with Gasteiger partial charge >= 0.3 is 0 Å². The fraction of sp³-hybridized carbons (Fsp3) is 1.00. The third-order valence-corrected chi connectivity index (χ3v) is 4.39. The fourth-order valence-electron chi connectivity index (χ4n) is 3.04. The topological polar surface area (TPSA) is 12.0 Å². The van der Waals surface area contributed by atoms with E-state index in [0.29, 0.717) is 0 Å². The Balaban J connectivity index is 1.86. The molecule has 1 N–H and O–H groups in total. The molecule has 0 amide bonds. The van der Waals surface area contributed by atoms with Gasteiger partial charge in [-0.3, -0.25) is 0 Å². The van der Waals surface area contributed by atoms with Gasteiger partial charge in [0.05, 0.1) is 0 Å². The van der Waals surface area contributed by atoms with E-state index in [1.807, 2.05) is 0 Å². The maximum absolute atomic E-state index is 3.49. The Kier molecular flexibility index (Phi) is 8.78. The Morgan fingerprint density at radius 1 is 0.941 bits per heavy atom. The SMILES string of the molecule is CCCCCCCCCCC1CCNCC1C. The molecule has 1 aliphatic rings. The van der Waals surface area contributed by atoms with Crippen LogP contribution in [0.2, 0.25) is 0 Å². The minimum atomic E-state index is 0.910. The standard InChI is InChI=1S/C16H33N/c1-3-4-5-6-7-8-9-10-11-16-12-13-17-14-15(16)2/h15-17H,3-14H2,1-2H3. The molecule has 102 valence electrons. The van der Waals surface area contributed by atoms with Crippen LogP contribution < -0.4 is 5.32 Å². The van der Waals surface area contributed by atoms with Crippen LogP contribution in [0.1, 0.15) is 78.1 Å². The molecule has 1 heteroatoms. The molecule has 1 nitrogen and oxygen atoms in total. The number of hydrogen-bond donors (Lipinski definition) is 1. The molecule has 1 saturated heterocycles. The molecule has 1 fully saturated rings. The van der Waals surface area contributed by atoms with Crippen molar-refractivity contribution in [1.29, 1.82) is 0 Å². The molecule has 0 aromatic heterocycles. The molecule has 1 heterocycles. The summed E-state index contributed by atoms with van der Waals surface area (Å²) in [4.78, 5) is 0. The number of unbranched alkanes of at least 4 members (excludes halogenated alkanes) is 7. The van der Waals surface area contributed by atoms with Gasteiger partial charge in [0.15, 0.2) is 0 Å². The van der Waals surface area contributed by atoms with Gasteiger partial charge in [0.1, 0.15) is 0 Å². The average molecular weight is 239 g/mol. The summed E-state index contributed by atoms with van der Waals surface area (Å²) in [7, 11) is 0. The molecule has 1 aliphatic heterocycles. The van der Waals surface area contributed by atoms with Crippen molar-refractivity contribution < 1.29 is 0 Å². The van der Waals surface area contributed by atoms with Crippen LogP contribution in [0.15, 0.2) is 0 Å². The molecule has 0 saturated carbocycles. The predicted molar refractivity (Wildman–Crippen MR) is 77.4 cm³/mol. The predicted octanol–water partition coefficient (Wildman–Crippen LogP) is 4.76. The first-order valence-corrected chi connectivity index (χ1v) is 8.05. The quantitative estimate of drug-likeness (QED) is 0.572. The zero-order valence-corrected chi connectivity index (χ0v) is 12.1. The summed E-state index contributed by atoms with van der Waals surface area (Å²) in [6, 6.07) is 0. The van der Waals surface area contributed by atoms with Crippen LogP contribution in [0.25, 0.3) is 0 Å². The van der Waals surface area contributed by atoms with Gasteiger partial charge in [-0.15, -0.1) is 0 Å². The van der Waals surface area contributed by atoms with Crippen LogP contribution in [0.4, 0.5) is 0 Å². The summed E-state index contributed by atoms with van der Waals surface area (Å²) >= 11 is 0. The minimum Gasteiger partial charge on any atom is -0.316 e. The molecular formula is C16H33N. The maximum Gasteiger partial charge on any atom is -0.00205 e. The van der Waals surface area contributed by atoms with E-state index >= 15 is 0 Å². The normalized spacial score (nSPS) is 25.1. The van der Waals surface area contributed by atoms with Crippen LogP contribution in [0, 0.1) is 11.8 Å². The number of rotatable bonds is 9. The Hall–Kier alpha value is -0.0400. The van der Waals surface area contributed by atoms with Crippen LogP contribution in [-0.2, 0) is 0 Å². The van der Waals surface area contributed by atoms with E-state index in [1.54, 1.807) is 0 Å². The second-order valence-corrected chi connectivity index (χ2v) is 5.99. The van der Waals surface area contributed by atoms with E-state index in [4.69, 9.17) is 0 Å². The maximum atomic E-state index is 3.49. The summed E-state index contributed by atoms with van der Waals surface area (Å²) in [5.41, 5.74) is 0. The van der Waals surface area contributed by atoms with Crippen molar-refractivity contribution in [2.24, 2.45) is 11.8 Å². The fourth-order valence-corrected chi connectivity index (χ4v) is 3.04. The summed E-state index contributed by atoms with van der Waals surface area (Å²) in [5, 5.41) is 3.49. The van der Waals surface area contributed by atoms with Gasteiger partial charge in [0, 0.05) is 0 Å². The van der Waals surface area contributed by atoms with Gasteiger partial charge in [-0.1, -0.05) is 71.6 Å². The van der Waals surface area contributed by atoms with Crippen LogP contribution in [0.3, 0.4) is 0 Å². The van der Waals surface area contributed by atoms with Crippen molar-refractivity contribution in [3.8, 4) is 0 Å². The molecule has 2 unspecified atom stereocenters. The summed E-state index contributed by atoms with van der Waals surface area (Å²) < 4.78 is 0. The van der Waals surface area contributed by atoms with Crippen molar-refractivity contribution in [3.63, 3.8) is 0 Å². The van der Waals surface area contributed by atoms with Gasteiger partial charge in [-0.2, -0.15) is 0 Å². The highest BCUT2D eigenvalue weighted by atomic mass is 14.9. The molecule has 0 aliphatic carbocycles. The highest BCUT2D eigenvalue weighted by molar-refractivity contribution is 4.74. The molecule has 0 radical (unpaired) electrons. The highest BCUT2D eigenvalue weighted by Gasteiger charge is 2.19. The van der Waals surface area contributed by atoms with E-state index in [-0.39, 0.29) is 0 Å². The minimum absolute atomic E-state index is 0.910. The van der Waals surface area contributed by atoms with Crippen LogP contribution in [-0.4, -0.2) is 13.1 Å². The van der Waals surface area contributed by atoms with E-state index in [0.717, 1.165) is 11.8 Å². The lowest BCUT2D eigenvalue weighted by Crippen LogP contribution is -2.34. The Morgan fingerprint density at radius 2 is 1.59 bits per heavy atom. The summed E-state index contributed by atoms with van der Waals surface area (Å²) in [6.07, 6.45) is 14.5. The number of hydrogen-bond acceptors (Lipinski definition) is 1. The van der Waals surface area contributed by atoms with Gasteiger partial charge in [-0.05, 0) is 31.3 Å².